The van der Waals surface area contributed by atoms with Gasteiger partial charge in [0.05, 0.1) is 5.92 Å². The van der Waals surface area contributed by atoms with E-state index in [1.807, 2.05) is 57.2 Å². The number of nitrogens with one attached hydrogen (secondary N) is 1. The number of hydrogen-bond acceptors (Lipinski definition) is 3. The predicted octanol–water partition coefficient (Wildman–Crippen LogP) is 3.66. The first kappa shape index (κ1) is 19.6. The number of hydrogen-bond donors (Lipinski definition) is 2. The van der Waals surface area contributed by atoms with Crippen LogP contribution in [-0.2, 0) is 9.59 Å². The van der Waals surface area contributed by atoms with Crippen LogP contribution in [0.3, 0.4) is 0 Å². The third-order valence-electron chi connectivity index (χ3n) is 4.57. The first-order valence-corrected chi connectivity index (χ1v) is 8.65. The number of aliphatic carboxylic acids is 1. The molecule has 138 valence electrons. The van der Waals surface area contributed by atoms with Crippen molar-refractivity contribution >= 4 is 28.4 Å². The summed E-state index contributed by atoms with van der Waals surface area (Å²) in [5.41, 5.74) is 0.0964. The highest BCUT2D eigenvalue weighted by atomic mass is 16.4. The van der Waals surface area contributed by atoms with Crippen LogP contribution in [-0.4, -0.2) is 28.8 Å². The molecule has 2 aromatic rings. The standard InChI is InChI=1S/C21H25NO4/c1-13(20(25)26)22-19(24)17(21(2,3)4)12-18(23)16-11-7-9-14-8-5-6-10-15(14)16/h5-11,13,17H,12H2,1-4H3,(H,22,24)(H,25,26)/t13-,17+/m0/s1. The highest BCUT2D eigenvalue weighted by Crippen LogP contribution is 2.31. The van der Waals surface area contributed by atoms with E-state index in [2.05, 4.69) is 5.32 Å². The van der Waals surface area contributed by atoms with Crippen molar-refractivity contribution in [3.05, 3.63) is 48.0 Å². The van der Waals surface area contributed by atoms with Gasteiger partial charge < -0.3 is 10.4 Å². The van der Waals surface area contributed by atoms with Gasteiger partial charge >= 0.3 is 5.97 Å². The van der Waals surface area contributed by atoms with E-state index in [0.29, 0.717) is 5.56 Å². The number of carboxylic acids is 1. The first-order chi connectivity index (χ1) is 12.1. The molecule has 5 heteroatoms. The van der Waals surface area contributed by atoms with Crippen LogP contribution in [0.5, 0.6) is 0 Å². The molecule has 2 rings (SSSR count). The number of amides is 1. The summed E-state index contributed by atoms with van der Waals surface area (Å²) in [6.45, 7) is 7.03. The number of Topliss-reactive ketones (excluding diaryl/α,β-unsaturated/α-hetero) is 1. The molecule has 2 N–H and O–H groups in total. The lowest BCUT2D eigenvalue weighted by molar-refractivity contribution is -0.142. The van der Waals surface area contributed by atoms with Crippen LogP contribution >= 0.6 is 0 Å². The zero-order valence-electron chi connectivity index (χ0n) is 15.6. The van der Waals surface area contributed by atoms with Gasteiger partial charge in [-0.05, 0) is 23.1 Å². The Kier molecular flexibility index (Phi) is 5.80. The topological polar surface area (TPSA) is 83.5 Å². The van der Waals surface area contributed by atoms with E-state index < -0.39 is 29.3 Å². The molecule has 2 aromatic carbocycles. The summed E-state index contributed by atoms with van der Waals surface area (Å²) in [5.74, 6) is -2.28. The predicted molar refractivity (Wildman–Crippen MR) is 101 cm³/mol. The third kappa shape index (κ3) is 4.48. The average Bonchev–Trinajstić information content (AvgIpc) is 2.57. The normalized spacial score (nSPS) is 13.8. The zero-order chi connectivity index (χ0) is 19.5. The Labute approximate surface area is 153 Å². The zero-order valence-corrected chi connectivity index (χ0v) is 15.6. The van der Waals surface area contributed by atoms with Gasteiger partial charge in [0.1, 0.15) is 6.04 Å². The van der Waals surface area contributed by atoms with Gasteiger partial charge in [-0.2, -0.15) is 0 Å². The van der Waals surface area contributed by atoms with Gasteiger partial charge in [0.15, 0.2) is 5.78 Å². The van der Waals surface area contributed by atoms with Crippen molar-refractivity contribution in [2.24, 2.45) is 11.3 Å². The quantitative estimate of drug-likeness (QED) is 0.775. The number of carbonyl (C=O) groups excluding carboxylic acids is 2. The molecule has 0 aliphatic heterocycles. The maximum Gasteiger partial charge on any atom is 0.325 e. The first-order valence-electron chi connectivity index (χ1n) is 8.65. The van der Waals surface area contributed by atoms with Gasteiger partial charge in [0, 0.05) is 12.0 Å². The molecule has 0 saturated carbocycles. The second-order valence-electron chi connectivity index (χ2n) is 7.64. The summed E-state index contributed by atoms with van der Waals surface area (Å²) in [7, 11) is 0. The van der Waals surface area contributed by atoms with Crippen LogP contribution < -0.4 is 5.32 Å². The van der Waals surface area contributed by atoms with Crippen molar-refractivity contribution in [3.63, 3.8) is 0 Å². The summed E-state index contributed by atoms with van der Waals surface area (Å²) in [6.07, 6.45) is 0.0235. The Bertz CT molecular complexity index is 830. The van der Waals surface area contributed by atoms with Gasteiger partial charge in [-0.15, -0.1) is 0 Å². The number of carbonyl (C=O) groups is 3. The van der Waals surface area contributed by atoms with Crippen molar-refractivity contribution in [2.45, 2.75) is 40.2 Å². The molecular formula is C21H25NO4. The molecule has 0 aliphatic carbocycles. The van der Waals surface area contributed by atoms with Crippen molar-refractivity contribution < 1.29 is 19.5 Å². The van der Waals surface area contributed by atoms with Crippen LogP contribution in [0.4, 0.5) is 0 Å². The molecule has 0 saturated heterocycles. The monoisotopic (exact) mass is 355 g/mol. The SMILES string of the molecule is C[C@H](NC(=O)[C@@H](CC(=O)c1cccc2ccccc12)C(C)(C)C)C(=O)O. The summed E-state index contributed by atoms with van der Waals surface area (Å²) in [4.78, 5) is 36.6. The molecule has 0 heterocycles. The van der Waals surface area contributed by atoms with Crippen molar-refractivity contribution in [2.75, 3.05) is 0 Å². The molecule has 0 fully saturated rings. The molecule has 0 aliphatic rings. The molecule has 0 aromatic heterocycles. The minimum atomic E-state index is -1.11. The number of carboxylic acid groups (broad SMARTS) is 1. The van der Waals surface area contributed by atoms with Crippen LogP contribution in [0.1, 0.15) is 44.5 Å². The van der Waals surface area contributed by atoms with Crippen molar-refractivity contribution in [1.29, 1.82) is 0 Å². The second-order valence-corrected chi connectivity index (χ2v) is 7.64. The van der Waals surface area contributed by atoms with E-state index in [9.17, 15) is 14.4 Å². The number of fused-ring (bicyclic) bond motifs is 1. The smallest absolute Gasteiger partial charge is 0.325 e. The molecule has 1 amide bonds. The Morgan fingerprint density at radius 2 is 1.65 bits per heavy atom. The molecule has 0 radical (unpaired) electrons. The van der Waals surface area contributed by atoms with Crippen LogP contribution in [0, 0.1) is 11.3 Å². The van der Waals surface area contributed by atoms with Crippen LogP contribution in [0.2, 0.25) is 0 Å². The van der Waals surface area contributed by atoms with E-state index in [0.717, 1.165) is 10.8 Å². The van der Waals surface area contributed by atoms with Crippen molar-refractivity contribution in [1.82, 2.24) is 5.32 Å². The van der Waals surface area contributed by atoms with Crippen molar-refractivity contribution in [3.8, 4) is 0 Å². The number of ketones is 1. The Morgan fingerprint density at radius 3 is 2.27 bits per heavy atom. The van der Waals surface area contributed by atoms with Gasteiger partial charge in [-0.25, -0.2) is 0 Å². The fourth-order valence-electron chi connectivity index (χ4n) is 2.93. The van der Waals surface area contributed by atoms with Crippen LogP contribution in [0.15, 0.2) is 42.5 Å². The lowest BCUT2D eigenvalue weighted by Crippen LogP contribution is -2.45. The maximum absolute atomic E-state index is 12.9. The summed E-state index contributed by atoms with van der Waals surface area (Å²) in [6, 6.07) is 12.2. The lowest BCUT2D eigenvalue weighted by Gasteiger charge is -2.30. The maximum atomic E-state index is 12.9. The van der Waals surface area contributed by atoms with Gasteiger partial charge in [0.25, 0.3) is 0 Å². The fourth-order valence-corrected chi connectivity index (χ4v) is 2.93. The number of rotatable bonds is 6. The average molecular weight is 355 g/mol. The molecule has 0 bridgehead atoms. The number of benzene rings is 2. The highest BCUT2D eigenvalue weighted by molar-refractivity contribution is 6.09. The van der Waals surface area contributed by atoms with Gasteiger partial charge in [0.2, 0.25) is 5.91 Å². The fraction of sp³-hybridized carbons (Fsp3) is 0.381. The van der Waals surface area contributed by atoms with Crippen LogP contribution in [0.25, 0.3) is 10.8 Å². The molecule has 5 nitrogen and oxygen atoms in total. The molecular weight excluding hydrogens is 330 g/mol. The molecule has 0 spiro atoms. The molecule has 0 unspecified atom stereocenters. The molecule has 26 heavy (non-hydrogen) atoms. The summed E-state index contributed by atoms with van der Waals surface area (Å²) < 4.78 is 0. The third-order valence-corrected chi connectivity index (χ3v) is 4.57. The Balaban J connectivity index is 2.29. The molecule has 2 atom stereocenters. The minimum Gasteiger partial charge on any atom is -0.480 e. The van der Waals surface area contributed by atoms with E-state index in [-0.39, 0.29) is 12.2 Å². The summed E-state index contributed by atoms with van der Waals surface area (Å²) >= 11 is 0. The largest absolute Gasteiger partial charge is 0.480 e. The summed E-state index contributed by atoms with van der Waals surface area (Å²) in [5, 5.41) is 13.3. The van der Waals surface area contributed by atoms with E-state index in [1.54, 1.807) is 6.07 Å². The van der Waals surface area contributed by atoms with E-state index in [1.165, 1.54) is 6.92 Å². The van der Waals surface area contributed by atoms with E-state index in [4.69, 9.17) is 5.11 Å². The highest BCUT2D eigenvalue weighted by Gasteiger charge is 2.34. The Morgan fingerprint density at radius 1 is 1.04 bits per heavy atom. The van der Waals surface area contributed by atoms with Gasteiger partial charge in [-0.3, -0.25) is 14.4 Å². The Hall–Kier alpha value is -2.69. The second kappa shape index (κ2) is 7.68. The lowest BCUT2D eigenvalue weighted by atomic mass is 9.76. The van der Waals surface area contributed by atoms with E-state index >= 15 is 0 Å². The minimum absolute atomic E-state index is 0.0235. The van der Waals surface area contributed by atoms with Gasteiger partial charge in [-0.1, -0.05) is 63.2 Å².